The van der Waals surface area contributed by atoms with Crippen LogP contribution in [0.1, 0.15) is 26.7 Å². The van der Waals surface area contributed by atoms with Crippen molar-refractivity contribution in [2.24, 2.45) is 5.92 Å². The second-order valence-corrected chi connectivity index (χ2v) is 5.14. The van der Waals surface area contributed by atoms with Crippen molar-refractivity contribution < 1.29 is 19.4 Å². The first-order valence-corrected chi connectivity index (χ1v) is 6.73. The van der Waals surface area contributed by atoms with Crippen LogP contribution in [0.25, 0.3) is 0 Å². The molecule has 0 aliphatic heterocycles. The van der Waals surface area contributed by atoms with Gasteiger partial charge in [0.2, 0.25) is 5.91 Å². The van der Waals surface area contributed by atoms with Gasteiger partial charge in [0.1, 0.15) is 0 Å². The molecule has 0 aromatic carbocycles. The molecule has 1 rings (SSSR count). The quantitative estimate of drug-likeness (QED) is 0.665. The molecular weight excluding hydrogens is 248 g/mol. The first kappa shape index (κ1) is 15.9. The van der Waals surface area contributed by atoms with Crippen LogP contribution in [-0.2, 0) is 14.3 Å². The molecule has 0 bridgehead atoms. The molecular formula is C13H24N2O4. The summed E-state index contributed by atoms with van der Waals surface area (Å²) in [5, 5.41) is 11.8. The van der Waals surface area contributed by atoms with E-state index < -0.39 is 5.97 Å². The van der Waals surface area contributed by atoms with Crippen LogP contribution in [0.4, 0.5) is 0 Å². The average Bonchev–Trinajstić information content (AvgIpc) is 2.30. The lowest BCUT2D eigenvalue weighted by Gasteiger charge is -2.42. The molecule has 0 aromatic rings. The topological polar surface area (TPSA) is 78.9 Å². The number of likely N-dealkylation sites (N-methyl/N-ethyl adjacent to an activating group) is 1. The van der Waals surface area contributed by atoms with Crippen molar-refractivity contribution >= 4 is 11.9 Å². The van der Waals surface area contributed by atoms with E-state index in [1.54, 1.807) is 7.11 Å². The summed E-state index contributed by atoms with van der Waals surface area (Å²) in [5.74, 6) is -0.944. The zero-order valence-electron chi connectivity index (χ0n) is 11.9. The minimum atomic E-state index is -0.803. The number of ether oxygens (including phenoxy) is 1. The fourth-order valence-electron chi connectivity index (χ4n) is 2.35. The first-order chi connectivity index (χ1) is 8.97. The van der Waals surface area contributed by atoms with Crippen LogP contribution in [0, 0.1) is 5.92 Å². The number of rotatable bonds is 8. The molecule has 6 nitrogen and oxygen atoms in total. The molecule has 1 aliphatic rings. The molecule has 6 heteroatoms. The Kier molecular flexibility index (Phi) is 6.24. The zero-order valence-corrected chi connectivity index (χ0v) is 11.9. The maximum atomic E-state index is 11.8. The molecule has 2 N–H and O–H groups in total. The van der Waals surface area contributed by atoms with Gasteiger partial charge in [-0.1, -0.05) is 13.8 Å². The lowest BCUT2D eigenvalue weighted by Crippen LogP contribution is -2.55. The predicted molar refractivity (Wildman–Crippen MR) is 70.9 cm³/mol. The summed E-state index contributed by atoms with van der Waals surface area (Å²) in [6.07, 6.45) is 1.65. The maximum Gasteiger partial charge on any atom is 0.317 e. The molecule has 110 valence electrons. The number of carbonyl (C=O) groups excluding carboxylic acids is 1. The monoisotopic (exact) mass is 272 g/mol. The molecule has 0 saturated heterocycles. The molecule has 0 radical (unpaired) electrons. The summed E-state index contributed by atoms with van der Waals surface area (Å²) in [4.78, 5) is 24.4. The summed E-state index contributed by atoms with van der Waals surface area (Å²) in [5.41, 5.74) is 0. The lowest BCUT2D eigenvalue weighted by atomic mass is 9.85. The minimum absolute atomic E-state index is 0.00610. The van der Waals surface area contributed by atoms with E-state index in [1.807, 2.05) is 18.7 Å². The highest BCUT2D eigenvalue weighted by molar-refractivity contribution is 5.78. The van der Waals surface area contributed by atoms with Crippen molar-refractivity contribution in [1.82, 2.24) is 10.2 Å². The maximum absolute atomic E-state index is 11.8. The molecule has 1 amide bonds. The van der Waals surface area contributed by atoms with E-state index in [9.17, 15) is 9.59 Å². The van der Waals surface area contributed by atoms with Gasteiger partial charge in [0.25, 0.3) is 0 Å². The lowest BCUT2D eigenvalue weighted by molar-refractivity contribution is -0.140. The standard InChI is InChI=1S/C13H24N2O4/c1-4-15(7-12(16)17)11-5-10(6-11)14-13(18)9(2)8-19-3/h9-11H,4-8H2,1-3H3,(H,14,18)(H,16,17). The van der Waals surface area contributed by atoms with Gasteiger partial charge >= 0.3 is 5.97 Å². The van der Waals surface area contributed by atoms with Gasteiger partial charge in [-0.15, -0.1) is 0 Å². The molecule has 1 fully saturated rings. The highest BCUT2D eigenvalue weighted by Crippen LogP contribution is 2.25. The van der Waals surface area contributed by atoms with E-state index in [0.717, 1.165) is 19.4 Å². The van der Waals surface area contributed by atoms with Crippen molar-refractivity contribution in [1.29, 1.82) is 0 Å². The van der Waals surface area contributed by atoms with Crippen LogP contribution >= 0.6 is 0 Å². The Morgan fingerprint density at radius 1 is 1.47 bits per heavy atom. The molecule has 1 atom stereocenters. The van der Waals surface area contributed by atoms with E-state index in [1.165, 1.54) is 0 Å². The second-order valence-electron chi connectivity index (χ2n) is 5.14. The van der Waals surface area contributed by atoms with Gasteiger partial charge in [-0.05, 0) is 19.4 Å². The highest BCUT2D eigenvalue weighted by Gasteiger charge is 2.35. The number of carboxylic acids is 1. The van der Waals surface area contributed by atoms with E-state index in [4.69, 9.17) is 9.84 Å². The second kappa shape index (κ2) is 7.45. The number of carboxylic acid groups (broad SMARTS) is 1. The number of hydrogen-bond donors (Lipinski definition) is 2. The van der Waals surface area contributed by atoms with Gasteiger partial charge < -0.3 is 15.2 Å². The van der Waals surface area contributed by atoms with Crippen LogP contribution in [-0.4, -0.2) is 60.8 Å². The Bertz CT molecular complexity index is 316. The summed E-state index contributed by atoms with van der Waals surface area (Å²) in [7, 11) is 1.58. The zero-order chi connectivity index (χ0) is 14.4. The fourth-order valence-corrected chi connectivity index (χ4v) is 2.35. The molecule has 0 aromatic heterocycles. The van der Waals surface area contributed by atoms with Gasteiger partial charge in [0.15, 0.2) is 0 Å². The fraction of sp³-hybridized carbons (Fsp3) is 0.846. The summed E-state index contributed by atoms with van der Waals surface area (Å²) in [6.45, 7) is 5.00. The van der Waals surface area contributed by atoms with E-state index in [0.29, 0.717) is 6.61 Å². The van der Waals surface area contributed by atoms with E-state index in [2.05, 4.69) is 5.32 Å². The highest BCUT2D eigenvalue weighted by atomic mass is 16.5. The molecule has 1 aliphatic carbocycles. The van der Waals surface area contributed by atoms with Crippen molar-refractivity contribution in [2.75, 3.05) is 26.8 Å². The van der Waals surface area contributed by atoms with Crippen LogP contribution in [0.3, 0.4) is 0 Å². The van der Waals surface area contributed by atoms with Crippen molar-refractivity contribution in [2.45, 2.75) is 38.8 Å². The normalized spacial score (nSPS) is 23.8. The smallest absolute Gasteiger partial charge is 0.317 e. The Balaban J connectivity index is 2.29. The largest absolute Gasteiger partial charge is 0.480 e. The van der Waals surface area contributed by atoms with Gasteiger partial charge in [0.05, 0.1) is 19.1 Å². The molecule has 0 spiro atoms. The van der Waals surface area contributed by atoms with E-state index in [-0.39, 0.29) is 30.5 Å². The third-order valence-corrected chi connectivity index (χ3v) is 3.58. The van der Waals surface area contributed by atoms with Crippen LogP contribution in [0.5, 0.6) is 0 Å². The van der Waals surface area contributed by atoms with Gasteiger partial charge in [-0.3, -0.25) is 14.5 Å². The Morgan fingerprint density at radius 2 is 2.11 bits per heavy atom. The van der Waals surface area contributed by atoms with Crippen molar-refractivity contribution in [3.05, 3.63) is 0 Å². The van der Waals surface area contributed by atoms with Gasteiger partial charge in [0, 0.05) is 19.2 Å². The predicted octanol–water partition coefficient (Wildman–Crippen LogP) is 0.323. The Labute approximate surface area is 114 Å². The number of methoxy groups -OCH3 is 1. The number of carbonyl (C=O) groups is 2. The third kappa shape index (κ3) is 4.80. The number of amides is 1. The molecule has 19 heavy (non-hydrogen) atoms. The van der Waals surface area contributed by atoms with Crippen molar-refractivity contribution in [3.8, 4) is 0 Å². The number of nitrogens with one attached hydrogen (secondary N) is 1. The Hall–Kier alpha value is -1.14. The number of hydrogen-bond acceptors (Lipinski definition) is 4. The van der Waals surface area contributed by atoms with Crippen LogP contribution < -0.4 is 5.32 Å². The summed E-state index contributed by atoms with van der Waals surface area (Å²) < 4.78 is 4.94. The number of nitrogens with zero attached hydrogens (tertiary/aromatic N) is 1. The number of aliphatic carboxylic acids is 1. The van der Waals surface area contributed by atoms with Gasteiger partial charge in [-0.25, -0.2) is 0 Å². The Morgan fingerprint density at radius 3 is 2.58 bits per heavy atom. The van der Waals surface area contributed by atoms with Crippen molar-refractivity contribution in [3.63, 3.8) is 0 Å². The molecule has 0 heterocycles. The molecule has 1 saturated carbocycles. The average molecular weight is 272 g/mol. The molecule has 1 unspecified atom stereocenters. The SMILES string of the molecule is CCN(CC(=O)O)C1CC(NC(=O)C(C)COC)C1. The first-order valence-electron chi connectivity index (χ1n) is 6.73. The van der Waals surface area contributed by atoms with Gasteiger partial charge in [-0.2, -0.15) is 0 Å². The summed E-state index contributed by atoms with van der Waals surface area (Å²) in [6, 6.07) is 0.434. The minimum Gasteiger partial charge on any atom is -0.480 e. The summed E-state index contributed by atoms with van der Waals surface area (Å²) >= 11 is 0. The van der Waals surface area contributed by atoms with Crippen LogP contribution in [0.2, 0.25) is 0 Å². The third-order valence-electron chi connectivity index (χ3n) is 3.58. The van der Waals surface area contributed by atoms with Crippen LogP contribution in [0.15, 0.2) is 0 Å². The van der Waals surface area contributed by atoms with E-state index >= 15 is 0 Å².